The Bertz CT molecular complexity index is 1020. The fourth-order valence-corrected chi connectivity index (χ4v) is 2.43. The maximum Gasteiger partial charge on any atom is 0.257 e. The SMILES string of the molecule is Cc1ccc(-c2ncon2)cc1NC(=O)c1c[nH]c2ncncc12. The van der Waals surface area contributed by atoms with Crippen molar-refractivity contribution in [3.05, 3.63) is 54.4 Å². The first-order valence-corrected chi connectivity index (χ1v) is 7.18. The quantitative estimate of drug-likeness (QED) is 0.600. The lowest BCUT2D eigenvalue weighted by Gasteiger charge is -2.09. The van der Waals surface area contributed by atoms with Crippen LogP contribution in [-0.4, -0.2) is 31.0 Å². The molecule has 0 unspecified atom stereocenters. The summed E-state index contributed by atoms with van der Waals surface area (Å²) in [4.78, 5) is 27.6. The van der Waals surface area contributed by atoms with Gasteiger partial charge in [0.05, 0.1) is 5.56 Å². The number of rotatable bonds is 3. The first-order valence-electron chi connectivity index (χ1n) is 7.18. The largest absolute Gasteiger partial charge is 0.345 e. The van der Waals surface area contributed by atoms with Gasteiger partial charge in [-0.25, -0.2) is 9.97 Å². The highest BCUT2D eigenvalue weighted by molar-refractivity contribution is 6.12. The fraction of sp³-hybridized carbons (Fsp3) is 0.0625. The molecule has 3 aromatic heterocycles. The van der Waals surface area contributed by atoms with Crippen molar-refractivity contribution in [2.24, 2.45) is 0 Å². The van der Waals surface area contributed by atoms with Gasteiger partial charge in [0.2, 0.25) is 12.2 Å². The summed E-state index contributed by atoms with van der Waals surface area (Å²) in [7, 11) is 0. The van der Waals surface area contributed by atoms with E-state index in [2.05, 4.69) is 30.4 Å². The minimum atomic E-state index is -0.246. The Balaban J connectivity index is 1.67. The molecule has 0 radical (unpaired) electrons. The number of anilines is 1. The molecule has 118 valence electrons. The highest BCUT2D eigenvalue weighted by Crippen LogP contribution is 2.24. The Labute approximate surface area is 136 Å². The summed E-state index contributed by atoms with van der Waals surface area (Å²) in [5, 5.41) is 7.38. The number of nitrogens with zero attached hydrogens (tertiary/aromatic N) is 4. The molecule has 0 saturated carbocycles. The summed E-state index contributed by atoms with van der Waals surface area (Å²) in [5.41, 5.74) is 3.45. The Morgan fingerprint density at radius 3 is 3.04 bits per heavy atom. The van der Waals surface area contributed by atoms with Crippen molar-refractivity contribution in [2.45, 2.75) is 6.92 Å². The molecule has 0 bridgehead atoms. The number of nitrogens with one attached hydrogen (secondary N) is 2. The number of H-pyrrole nitrogens is 1. The van der Waals surface area contributed by atoms with E-state index in [1.54, 1.807) is 12.4 Å². The summed E-state index contributed by atoms with van der Waals surface area (Å²) in [5.74, 6) is 0.218. The number of aromatic amines is 1. The number of aryl methyl sites for hydroxylation is 1. The van der Waals surface area contributed by atoms with Crippen LogP contribution >= 0.6 is 0 Å². The molecular formula is C16H12N6O2. The van der Waals surface area contributed by atoms with Gasteiger partial charge in [0.1, 0.15) is 12.0 Å². The van der Waals surface area contributed by atoms with Crippen LogP contribution in [0.1, 0.15) is 15.9 Å². The van der Waals surface area contributed by atoms with Crippen LogP contribution in [0.15, 0.2) is 47.8 Å². The van der Waals surface area contributed by atoms with E-state index in [0.29, 0.717) is 28.1 Å². The molecule has 0 aliphatic rings. The number of amides is 1. The van der Waals surface area contributed by atoms with E-state index in [1.165, 1.54) is 12.7 Å². The van der Waals surface area contributed by atoms with Crippen LogP contribution < -0.4 is 5.32 Å². The van der Waals surface area contributed by atoms with E-state index in [4.69, 9.17) is 4.52 Å². The topological polar surface area (TPSA) is 110 Å². The molecule has 0 atom stereocenters. The summed E-state index contributed by atoms with van der Waals surface area (Å²) in [6, 6.07) is 5.57. The molecule has 4 rings (SSSR count). The number of hydrogen-bond acceptors (Lipinski definition) is 6. The zero-order chi connectivity index (χ0) is 16.5. The average Bonchev–Trinajstić information content (AvgIpc) is 3.26. The normalized spacial score (nSPS) is 10.9. The van der Waals surface area contributed by atoms with Crippen molar-refractivity contribution in [3.63, 3.8) is 0 Å². The third-order valence-corrected chi connectivity index (χ3v) is 3.71. The van der Waals surface area contributed by atoms with Crippen molar-refractivity contribution in [1.29, 1.82) is 0 Å². The average molecular weight is 320 g/mol. The highest BCUT2D eigenvalue weighted by atomic mass is 16.5. The molecule has 0 aliphatic heterocycles. The number of benzene rings is 1. The van der Waals surface area contributed by atoms with Gasteiger partial charge >= 0.3 is 0 Å². The highest BCUT2D eigenvalue weighted by Gasteiger charge is 2.15. The molecule has 0 fully saturated rings. The summed E-state index contributed by atoms with van der Waals surface area (Å²) >= 11 is 0. The molecule has 1 amide bonds. The number of aromatic nitrogens is 5. The summed E-state index contributed by atoms with van der Waals surface area (Å²) in [6.45, 7) is 1.91. The van der Waals surface area contributed by atoms with Crippen molar-refractivity contribution in [1.82, 2.24) is 25.1 Å². The van der Waals surface area contributed by atoms with E-state index in [0.717, 1.165) is 11.1 Å². The zero-order valence-corrected chi connectivity index (χ0v) is 12.6. The second kappa shape index (κ2) is 5.58. The number of carbonyl (C=O) groups excluding carboxylic acids is 1. The third-order valence-electron chi connectivity index (χ3n) is 3.71. The van der Waals surface area contributed by atoms with Crippen LogP contribution in [-0.2, 0) is 0 Å². The number of hydrogen-bond donors (Lipinski definition) is 2. The van der Waals surface area contributed by atoms with E-state index in [9.17, 15) is 4.79 Å². The number of carbonyl (C=O) groups is 1. The Hall–Kier alpha value is -3.55. The van der Waals surface area contributed by atoms with E-state index < -0.39 is 0 Å². The number of fused-ring (bicyclic) bond motifs is 1. The predicted octanol–water partition coefficient (Wildman–Crippen LogP) is 2.57. The second-order valence-corrected chi connectivity index (χ2v) is 5.23. The smallest absolute Gasteiger partial charge is 0.257 e. The van der Waals surface area contributed by atoms with Gasteiger partial charge in [-0.05, 0) is 18.6 Å². The van der Waals surface area contributed by atoms with Crippen LogP contribution in [0.2, 0.25) is 0 Å². The summed E-state index contributed by atoms with van der Waals surface area (Å²) < 4.78 is 4.76. The second-order valence-electron chi connectivity index (χ2n) is 5.23. The van der Waals surface area contributed by atoms with E-state index in [1.807, 2.05) is 25.1 Å². The minimum absolute atomic E-state index is 0.246. The van der Waals surface area contributed by atoms with Gasteiger partial charge < -0.3 is 14.8 Å². The van der Waals surface area contributed by atoms with Gasteiger partial charge in [0.15, 0.2) is 0 Å². The van der Waals surface area contributed by atoms with E-state index >= 15 is 0 Å². The Morgan fingerprint density at radius 2 is 2.21 bits per heavy atom. The predicted molar refractivity (Wildman–Crippen MR) is 86.3 cm³/mol. The van der Waals surface area contributed by atoms with Crippen molar-refractivity contribution in [2.75, 3.05) is 5.32 Å². The molecular weight excluding hydrogens is 308 g/mol. The maximum atomic E-state index is 12.6. The van der Waals surface area contributed by atoms with Crippen LogP contribution in [0, 0.1) is 6.92 Å². The van der Waals surface area contributed by atoms with Crippen LogP contribution in [0.3, 0.4) is 0 Å². The van der Waals surface area contributed by atoms with Gasteiger partial charge in [-0.1, -0.05) is 17.3 Å². The van der Waals surface area contributed by atoms with Gasteiger partial charge in [0, 0.05) is 29.0 Å². The molecule has 8 heteroatoms. The first-order chi connectivity index (χ1) is 11.7. The standard InChI is InChI=1S/C16H12N6O2/c1-9-2-3-10(14-20-8-24-22-14)4-13(9)21-16(23)12-6-18-15-11(12)5-17-7-19-15/h2-8H,1H3,(H,21,23)(H,17,18,19). The van der Waals surface area contributed by atoms with Crippen molar-refractivity contribution >= 4 is 22.6 Å². The molecule has 2 N–H and O–H groups in total. The molecule has 8 nitrogen and oxygen atoms in total. The minimum Gasteiger partial charge on any atom is -0.345 e. The van der Waals surface area contributed by atoms with E-state index in [-0.39, 0.29) is 5.91 Å². The maximum absolute atomic E-state index is 12.6. The van der Waals surface area contributed by atoms with Gasteiger partial charge in [-0.2, -0.15) is 4.98 Å². The molecule has 1 aromatic carbocycles. The molecule has 0 spiro atoms. The van der Waals surface area contributed by atoms with Crippen molar-refractivity contribution < 1.29 is 9.32 Å². The molecule has 0 saturated heterocycles. The van der Waals surface area contributed by atoms with Gasteiger partial charge in [0.25, 0.3) is 5.91 Å². The summed E-state index contributed by atoms with van der Waals surface area (Å²) in [6.07, 6.45) is 5.92. The Kier molecular flexibility index (Phi) is 3.27. The Morgan fingerprint density at radius 1 is 1.29 bits per heavy atom. The zero-order valence-electron chi connectivity index (χ0n) is 12.6. The molecule has 0 aliphatic carbocycles. The molecule has 4 aromatic rings. The van der Waals surface area contributed by atoms with Crippen LogP contribution in [0.25, 0.3) is 22.4 Å². The molecule has 24 heavy (non-hydrogen) atoms. The van der Waals surface area contributed by atoms with Gasteiger partial charge in [-0.15, -0.1) is 0 Å². The van der Waals surface area contributed by atoms with Crippen LogP contribution in [0.5, 0.6) is 0 Å². The lowest BCUT2D eigenvalue weighted by molar-refractivity contribution is 0.102. The molecule has 3 heterocycles. The third kappa shape index (κ3) is 2.39. The van der Waals surface area contributed by atoms with Crippen LogP contribution in [0.4, 0.5) is 5.69 Å². The lowest BCUT2D eigenvalue weighted by Crippen LogP contribution is -2.12. The first kappa shape index (κ1) is 14.1. The lowest BCUT2D eigenvalue weighted by atomic mass is 10.1. The monoisotopic (exact) mass is 320 g/mol. The fourth-order valence-electron chi connectivity index (χ4n) is 2.43. The van der Waals surface area contributed by atoms with Gasteiger partial charge in [-0.3, -0.25) is 4.79 Å². The van der Waals surface area contributed by atoms with Crippen molar-refractivity contribution in [3.8, 4) is 11.4 Å².